The highest BCUT2D eigenvalue weighted by Crippen LogP contribution is 2.37. The fourth-order valence-corrected chi connectivity index (χ4v) is 4.49. The van der Waals surface area contributed by atoms with E-state index in [-0.39, 0.29) is 11.8 Å². The fraction of sp³-hybridized carbons (Fsp3) is 0.480. The van der Waals surface area contributed by atoms with E-state index in [4.69, 9.17) is 11.6 Å². The van der Waals surface area contributed by atoms with Crippen LogP contribution in [0.4, 0.5) is 10.5 Å². The molecule has 2 N–H and O–H groups in total. The molecule has 1 aliphatic rings. The Morgan fingerprint density at radius 2 is 1.52 bits per heavy atom. The maximum atomic E-state index is 11.6. The first-order valence-corrected chi connectivity index (χ1v) is 12.7. The van der Waals surface area contributed by atoms with Gasteiger partial charge in [0.05, 0.1) is 5.60 Å². The molecule has 1 aliphatic carbocycles. The first-order chi connectivity index (χ1) is 15.5. The zero-order chi connectivity index (χ0) is 24.6. The van der Waals surface area contributed by atoms with Gasteiger partial charge in [-0.25, -0.2) is 4.79 Å². The second kappa shape index (κ2) is 12.3. The van der Waals surface area contributed by atoms with E-state index < -0.39 is 22.1 Å². The molecule has 6 nitrogen and oxygen atoms in total. The molecule has 2 aromatic rings. The van der Waals surface area contributed by atoms with Gasteiger partial charge in [-0.2, -0.15) is 8.42 Å². The van der Waals surface area contributed by atoms with Crippen LogP contribution in [0.5, 0.6) is 0 Å². The zero-order valence-electron chi connectivity index (χ0n) is 19.6. The summed E-state index contributed by atoms with van der Waals surface area (Å²) in [6.45, 7) is 7.87. The molecule has 0 spiro atoms. The van der Waals surface area contributed by atoms with Crippen LogP contribution in [0.3, 0.4) is 0 Å². The Hall–Kier alpha value is -2.22. The summed E-state index contributed by atoms with van der Waals surface area (Å²) in [4.78, 5) is 11.6. The highest BCUT2D eigenvalue weighted by Gasteiger charge is 2.30. The number of amides is 2. The topological polar surface area (TPSA) is 95.8 Å². The van der Waals surface area contributed by atoms with E-state index in [2.05, 4.69) is 9.68 Å². The van der Waals surface area contributed by atoms with Gasteiger partial charge in [0.2, 0.25) is 0 Å². The number of benzene rings is 2. The average molecular weight is 493 g/mol. The van der Waals surface area contributed by atoms with Crippen LogP contribution in [0.15, 0.2) is 46.8 Å². The molecular weight excluding hydrogens is 460 g/mol. The monoisotopic (exact) mass is 492 g/mol. The van der Waals surface area contributed by atoms with Gasteiger partial charge < -0.3 is 10.4 Å². The van der Waals surface area contributed by atoms with Crippen molar-refractivity contribution in [1.82, 2.24) is 0 Å². The predicted molar refractivity (Wildman–Crippen MR) is 133 cm³/mol. The van der Waals surface area contributed by atoms with Crippen LogP contribution >= 0.6 is 11.6 Å². The van der Waals surface area contributed by atoms with Gasteiger partial charge >= 0.3 is 16.5 Å². The van der Waals surface area contributed by atoms with Crippen molar-refractivity contribution in [1.29, 1.82) is 0 Å². The number of urea groups is 1. The van der Waals surface area contributed by atoms with E-state index in [1.165, 1.54) is 6.42 Å². The number of aliphatic hydroxyl groups is 1. The lowest BCUT2D eigenvalue weighted by molar-refractivity contribution is -0.000626. The number of hydrogen-bond donors (Lipinski definition) is 2. The predicted octanol–water partition coefficient (Wildman–Crippen LogP) is 7.02. The van der Waals surface area contributed by atoms with Crippen LogP contribution < -0.4 is 5.32 Å². The average Bonchev–Trinajstić information content (AvgIpc) is 2.75. The smallest absolute Gasteiger partial charge is 0.360 e. The van der Waals surface area contributed by atoms with E-state index in [0.29, 0.717) is 10.7 Å². The van der Waals surface area contributed by atoms with Crippen LogP contribution in [-0.4, -0.2) is 19.6 Å². The van der Waals surface area contributed by atoms with E-state index in [1.807, 2.05) is 58.0 Å². The second-order valence-electron chi connectivity index (χ2n) is 8.97. The molecule has 0 atom stereocenters. The molecule has 0 aliphatic heterocycles. The number of rotatable bonds is 4. The highest BCUT2D eigenvalue weighted by molar-refractivity contribution is 7.62. The molecule has 0 heterocycles. The third kappa shape index (κ3) is 7.95. The maximum Gasteiger partial charge on any atom is 0.360 e. The van der Waals surface area contributed by atoms with E-state index in [1.54, 1.807) is 12.1 Å². The van der Waals surface area contributed by atoms with Crippen molar-refractivity contribution < 1.29 is 18.3 Å². The maximum absolute atomic E-state index is 11.6. The summed E-state index contributed by atoms with van der Waals surface area (Å²) in [5.74, 6) is 0.249. The van der Waals surface area contributed by atoms with Crippen LogP contribution in [0.2, 0.25) is 5.02 Å². The standard InChI is InChI=1S/C13H17ClN2O3S.C12H16O/c1-7(2)10-5-9(14)6-11(8(3)4)12(10)15-13(17)16-20(18)19;13-12(9-5-2-6-10-12)11-7-3-1-4-8-11/h5-8H,1-4H3,(H,15,17);1,3-4,7-8,13H,2,5-6,9-10H2. The molecular formula is C25H33ClN2O4S. The van der Waals surface area contributed by atoms with E-state index >= 15 is 0 Å². The molecule has 0 aromatic heterocycles. The number of halogens is 1. The first kappa shape index (κ1) is 27.0. The summed E-state index contributed by atoms with van der Waals surface area (Å²) in [6.07, 6.45) is 5.44. The molecule has 0 radical (unpaired) electrons. The Labute approximate surface area is 203 Å². The van der Waals surface area contributed by atoms with Crippen molar-refractivity contribution in [2.45, 2.75) is 77.2 Å². The molecule has 0 bridgehead atoms. The Morgan fingerprint density at radius 1 is 1.00 bits per heavy atom. The van der Waals surface area contributed by atoms with Gasteiger partial charge in [0.15, 0.2) is 0 Å². The van der Waals surface area contributed by atoms with Crippen molar-refractivity contribution in [2.24, 2.45) is 4.36 Å². The number of carbonyl (C=O) groups is 1. The molecule has 180 valence electrons. The van der Waals surface area contributed by atoms with Gasteiger partial charge in [-0.1, -0.05) is 93.3 Å². The molecule has 0 saturated heterocycles. The van der Waals surface area contributed by atoms with Gasteiger partial charge in [0.25, 0.3) is 0 Å². The largest absolute Gasteiger partial charge is 0.385 e. The van der Waals surface area contributed by atoms with E-state index in [9.17, 15) is 18.3 Å². The Kier molecular flexibility index (Phi) is 10.1. The minimum absolute atomic E-state index is 0.124. The van der Waals surface area contributed by atoms with Crippen molar-refractivity contribution >= 4 is 33.8 Å². The Bertz CT molecular complexity index is 1040. The van der Waals surface area contributed by atoms with Gasteiger partial charge in [-0.05, 0) is 53.5 Å². The number of hydrogen-bond acceptors (Lipinski definition) is 4. The quantitative estimate of drug-likeness (QED) is 0.479. The Morgan fingerprint density at radius 3 is 1.97 bits per heavy atom. The third-order valence-corrected chi connectivity index (χ3v) is 6.32. The summed E-state index contributed by atoms with van der Waals surface area (Å²) < 4.78 is 23.8. The van der Waals surface area contributed by atoms with Crippen LogP contribution in [0, 0.1) is 0 Å². The number of nitrogens with zero attached hydrogens (tertiary/aromatic N) is 1. The van der Waals surface area contributed by atoms with Crippen LogP contribution in [0.25, 0.3) is 0 Å². The molecule has 2 aromatic carbocycles. The van der Waals surface area contributed by atoms with Crippen molar-refractivity contribution in [3.8, 4) is 0 Å². The van der Waals surface area contributed by atoms with Crippen LogP contribution in [0.1, 0.15) is 88.3 Å². The number of carbonyl (C=O) groups excluding carboxylic acids is 1. The minimum Gasteiger partial charge on any atom is -0.385 e. The summed E-state index contributed by atoms with van der Waals surface area (Å²) in [6, 6.07) is 12.7. The Balaban J connectivity index is 0.000000254. The molecule has 0 unspecified atom stereocenters. The number of anilines is 1. The van der Waals surface area contributed by atoms with Gasteiger partial charge in [-0.3, -0.25) is 0 Å². The lowest BCUT2D eigenvalue weighted by Crippen LogP contribution is -2.28. The molecule has 1 fully saturated rings. The SMILES string of the molecule is CC(C)c1cc(Cl)cc(C(C)C)c1NC(=O)N=S(=O)=O.OC1(c2ccccc2)CCCCC1. The molecule has 8 heteroatoms. The molecule has 2 amide bonds. The number of nitrogens with one attached hydrogen (secondary N) is 1. The first-order valence-electron chi connectivity index (χ1n) is 11.3. The summed E-state index contributed by atoms with van der Waals surface area (Å²) in [5, 5.41) is 13.5. The van der Waals surface area contributed by atoms with Crippen molar-refractivity contribution in [3.63, 3.8) is 0 Å². The van der Waals surface area contributed by atoms with Crippen LogP contribution in [-0.2, 0) is 16.1 Å². The highest BCUT2D eigenvalue weighted by atomic mass is 35.5. The lowest BCUT2D eigenvalue weighted by Gasteiger charge is -2.32. The summed E-state index contributed by atoms with van der Waals surface area (Å²) >= 11 is 6.10. The minimum atomic E-state index is -2.77. The normalized spacial score (nSPS) is 14.9. The molecule has 33 heavy (non-hydrogen) atoms. The molecule has 3 rings (SSSR count). The van der Waals surface area contributed by atoms with E-state index in [0.717, 1.165) is 42.4 Å². The fourth-order valence-electron chi connectivity index (χ4n) is 4.08. The lowest BCUT2D eigenvalue weighted by atomic mass is 9.80. The van der Waals surface area contributed by atoms with Gasteiger partial charge in [0.1, 0.15) is 0 Å². The third-order valence-electron chi connectivity index (χ3n) is 5.79. The second-order valence-corrected chi connectivity index (χ2v) is 10.0. The zero-order valence-corrected chi connectivity index (χ0v) is 21.2. The molecule has 1 saturated carbocycles. The van der Waals surface area contributed by atoms with Gasteiger partial charge in [-0.15, -0.1) is 0 Å². The van der Waals surface area contributed by atoms with Crippen molar-refractivity contribution in [2.75, 3.05) is 5.32 Å². The van der Waals surface area contributed by atoms with Gasteiger partial charge in [0, 0.05) is 10.7 Å². The summed E-state index contributed by atoms with van der Waals surface area (Å²) in [5.41, 5.74) is 2.84. The summed E-state index contributed by atoms with van der Waals surface area (Å²) in [7, 11) is -2.77. The van der Waals surface area contributed by atoms with Crippen molar-refractivity contribution in [3.05, 3.63) is 64.2 Å².